The van der Waals surface area contributed by atoms with Gasteiger partial charge in [0.1, 0.15) is 0 Å². The van der Waals surface area contributed by atoms with Crippen molar-refractivity contribution in [2.24, 2.45) is 0 Å². The zero-order chi connectivity index (χ0) is 11.4. The number of nitrogens with zero attached hydrogens (tertiary/aromatic N) is 1. The van der Waals surface area contributed by atoms with Gasteiger partial charge < -0.3 is 4.74 Å². The molecule has 0 aromatic carbocycles. The minimum absolute atomic E-state index is 0.211. The Kier molecular flexibility index (Phi) is 3.90. The van der Waals surface area contributed by atoms with Gasteiger partial charge in [0.15, 0.2) is 0 Å². The quantitative estimate of drug-likeness (QED) is 0.680. The highest BCUT2D eigenvalue weighted by molar-refractivity contribution is 5.99. The highest BCUT2D eigenvalue weighted by Crippen LogP contribution is 2.20. The summed E-state index contributed by atoms with van der Waals surface area (Å²) in [7, 11) is 0. The molecule has 0 aromatic rings. The van der Waals surface area contributed by atoms with Crippen LogP contribution in [0.3, 0.4) is 0 Å². The van der Waals surface area contributed by atoms with Crippen LogP contribution in [0, 0.1) is 0 Å². The Morgan fingerprint density at radius 3 is 2.44 bits per heavy atom. The topological polar surface area (TPSA) is 58.6 Å². The molecule has 1 heterocycles. The first-order valence-corrected chi connectivity index (χ1v) is 5.90. The van der Waals surface area contributed by atoms with Gasteiger partial charge in [0.2, 0.25) is 11.8 Å². The molecule has 1 saturated heterocycles. The van der Waals surface area contributed by atoms with Crippen LogP contribution in [0.2, 0.25) is 0 Å². The predicted molar refractivity (Wildman–Crippen MR) is 57.8 cm³/mol. The molecule has 1 N–H and O–H groups in total. The standard InChI is InChI=1S/C11H18N2O3/c14-10-7-13(8-11(15)12-10)5-6-16-9-3-1-2-4-9/h9H,1-8H2,(H,12,14,15). The van der Waals surface area contributed by atoms with Crippen LogP contribution in [0.4, 0.5) is 0 Å². The van der Waals surface area contributed by atoms with Crippen LogP contribution in [0.5, 0.6) is 0 Å². The van der Waals surface area contributed by atoms with E-state index in [1.54, 1.807) is 0 Å². The van der Waals surface area contributed by atoms with Crippen molar-refractivity contribution in [1.29, 1.82) is 0 Å². The summed E-state index contributed by atoms with van der Waals surface area (Å²) in [5.74, 6) is -0.422. The lowest BCUT2D eigenvalue weighted by Crippen LogP contribution is -2.52. The van der Waals surface area contributed by atoms with Crippen molar-refractivity contribution in [2.45, 2.75) is 31.8 Å². The maximum Gasteiger partial charge on any atom is 0.240 e. The molecule has 0 spiro atoms. The highest BCUT2D eigenvalue weighted by Gasteiger charge is 2.22. The monoisotopic (exact) mass is 226 g/mol. The van der Waals surface area contributed by atoms with Gasteiger partial charge in [-0.2, -0.15) is 0 Å². The smallest absolute Gasteiger partial charge is 0.240 e. The van der Waals surface area contributed by atoms with Crippen molar-refractivity contribution in [2.75, 3.05) is 26.2 Å². The number of ether oxygens (including phenoxy) is 1. The van der Waals surface area contributed by atoms with E-state index >= 15 is 0 Å². The summed E-state index contributed by atoms with van der Waals surface area (Å²) in [6.45, 7) is 1.89. The average molecular weight is 226 g/mol. The average Bonchev–Trinajstić information content (AvgIpc) is 2.69. The second-order valence-corrected chi connectivity index (χ2v) is 4.46. The van der Waals surface area contributed by atoms with Gasteiger partial charge in [0, 0.05) is 6.54 Å². The van der Waals surface area contributed by atoms with E-state index in [9.17, 15) is 9.59 Å². The predicted octanol–water partition coefficient (Wildman–Crippen LogP) is -0.0960. The van der Waals surface area contributed by atoms with Gasteiger partial charge in [-0.05, 0) is 12.8 Å². The van der Waals surface area contributed by atoms with E-state index in [2.05, 4.69) is 5.32 Å². The third-order valence-corrected chi connectivity index (χ3v) is 3.08. The van der Waals surface area contributed by atoms with Gasteiger partial charge in [-0.3, -0.25) is 19.8 Å². The zero-order valence-electron chi connectivity index (χ0n) is 9.41. The number of carbonyl (C=O) groups excluding carboxylic acids is 2. The lowest BCUT2D eigenvalue weighted by atomic mass is 10.3. The first-order valence-electron chi connectivity index (χ1n) is 5.90. The molecular weight excluding hydrogens is 208 g/mol. The molecule has 5 heteroatoms. The molecule has 0 unspecified atom stereocenters. The van der Waals surface area contributed by atoms with Gasteiger partial charge in [-0.1, -0.05) is 12.8 Å². The fourth-order valence-corrected chi connectivity index (χ4v) is 2.26. The van der Waals surface area contributed by atoms with Gasteiger partial charge in [-0.25, -0.2) is 0 Å². The Bertz CT molecular complexity index is 258. The van der Waals surface area contributed by atoms with Crippen molar-refractivity contribution >= 4 is 11.8 Å². The molecule has 2 amide bonds. The summed E-state index contributed by atoms with van der Waals surface area (Å²) >= 11 is 0. The Balaban J connectivity index is 1.65. The number of hydrogen-bond donors (Lipinski definition) is 1. The molecule has 2 aliphatic rings. The largest absolute Gasteiger partial charge is 0.377 e. The van der Waals surface area contributed by atoms with Gasteiger partial charge in [0.25, 0.3) is 0 Å². The first-order chi connectivity index (χ1) is 7.74. The van der Waals surface area contributed by atoms with Crippen LogP contribution < -0.4 is 5.32 Å². The Labute approximate surface area is 95.1 Å². The van der Waals surface area contributed by atoms with E-state index < -0.39 is 0 Å². The Hall–Kier alpha value is -0.940. The third kappa shape index (κ3) is 3.28. The maximum absolute atomic E-state index is 11.1. The van der Waals surface area contributed by atoms with E-state index in [1.165, 1.54) is 12.8 Å². The maximum atomic E-state index is 11.1. The van der Waals surface area contributed by atoms with Crippen molar-refractivity contribution in [3.8, 4) is 0 Å². The zero-order valence-corrected chi connectivity index (χ0v) is 9.41. The molecule has 5 nitrogen and oxygen atoms in total. The van der Waals surface area contributed by atoms with E-state index in [0.717, 1.165) is 12.8 Å². The van der Waals surface area contributed by atoms with Gasteiger partial charge >= 0.3 is 0 Å². The minimum atomic E-state index is -0.211. The number of rotatable bonds is 4. The van der Waals surface area contributed by atoms with Crippen LogP contribution in [0.1, 0.15) is 25.7 Å². The fraction of sp³-hybridized carbons (Fsp3) is 0.818. The van der Waals surface area contributed by atoms with Crippen LogP contribution in [-0.4, -0.2) is 49.1 Å². The summed E-state index contributed by atoms with van der Waals surface area (Å²) < 4.78 is 5.69. The minimum Gasteiger partial charge on any atom is -0.377 e. The van der Waals surface area contributed by atoms with Crippen molar-refractivity contribution in [3.05, 3.63) is 0 Å². The molecule has 0 aromatic heterocycles. The van der Waals surface area contributed by atoms with Crippen LogP contribution >= 0.6 is 0 Å². The number of piperazine rings is 1. The SMILES string of the molecule is O=C1CN(CCOC2CCCC2)CC(=O)N1. The number of amides is 2. The molecule has 1 aliphatic heterocycles. The molecule has 16 heavy (non-hydrogen) atoms. The summed E-state index contributed by atoms with van der Waals surface area (Å²) in [6, 6.07) is 0. The van der Waals surface area contributed by atoms with Gasteiger partial charge in [0.05, 0.1) is 25.8 Å². The second-order valence-electron chi connectivity index (χ2n) is 4.46. The number of nitrogens with one attached hydrogen (secondary N) is 1. The Morgan fingerprint density at radius 2 is 1.81 bits per heavy atom. The van der Waals surface area contributed by atoms with Crippen LogP contribution in [0.15, 0.2) is 0 Å². The lowest BCUT2D eigenvalue weighted by Gasteiger charge is -2.25. The summed E-state index contributed by atoms with van der Waals surface area (Å²) in [4.78, 5) is 24.0. The van der Waals surface area contributed by atoms with Crippen LogP contribution in [0.25, 0.3) is 0 Å². The number of carbonyl (C=O) groups is 2. The number of hydrogen-bond acceptors (Lipinski definition) is 4. The first kappa shape index (κ1) is 11.5. The third-order valence-electron chi connectivity index (χ3n) is 3.08. The molecule has 0 radical (unpaired) electrons. The molecule has 90 valence electrons. The molecule has 0 bridgehead atoms. The summed E-state index contributed by atoms with van der Waals surface area (Å²) in [6.07, 6.45) is 5.22. The van der Waals surface area contributed by atoms with Crippen molar-refractivity contribution < 1.29 is 14.3 Å². The fourth-order valence-electron chi connectivity index (χ4n) is 2.26. The highest BCUT2D eigenvalue weighted by atomic mass is 16.5. The van der Waals surface area contributed by atoms with Crippen LogP contribution in [-0.2, 0) is 14.3 Å². The van der Waals surface area contributed by atoms with Crippen molar-refractivity contribution in [1.82, 2.24) is 10.2 Å². The summed E-state index contributed by atoms with van der Waals surface area (Å²) in [5, 5.41) is 2.28. The summed E-state index contributed by atoms with van der Waals surface area (Å²) in [5.41, 5.74) is 0. The molecule has 1 saturated carbocycles. The molecule has 1 aliphatic carbocycles. The Morgan fingerprint density at radius 1 is 1.19 bits per heavy atom. The van der Waals surface area contributed by atoms with E-state index in [1.807, 2.05) is 4.90 Å². The van der Waals surface area contributed by atoms with E-state index in [4.69, 9.17) is 4.74 Å². The second kappa shape index (κ2) is 5.41. The van der Waals surface area contributed by atoms with E-state index in [-0.39, 0.29) is 11.8 Å². The molecular formula is C11H18N2O3. The lowest BCUT2D eigenvalue weighted by molar-refractivity contribution is -0.136. The molecule has 2 rings (SSSR count). The molecule has 0 atom stereocenters. The van der Waals surface area contributed by atoms with Crippen molar-refractivity contribution in [3.63, 3.8) is 0 Å². The normalized spacial score (nSPS) is 23.8. The van der Waals surface area contributed by atoms with Gasteiger partial charge in [-0.15, -0.1) is 0 Å². The van der Waals surface area contributed by atoms with E-state index in [0.29, 0.717) is 32.3 Å². The molecule has 2 fully saturated rings. The number of imide groups is 1.